The van der Waals surface area contributed by atoms with Gasteiger partial charge in [-0.25, -0.2) is 0 Å². The molecule has 0 radical (unpaired) electrons. The van der Waals surface area contributed by atoms with Crippen molar-refractivity contribution >= 4 is 22.4 Å². The molecule has 88 valence electrons. The van der Waals surface area contributed by atoms with Gasteiger partial charge in [0.05, 0.1) is 0 Å². The largest absolute Gasteiger partial charge is 0.508 e. The minimum atomic E-state index is 0.290. The Kier molecular flexibility index (Phi) is 2.69. The van der Waals surface area contributed by atoms with Crippen LogP contribution in [0.15, 0.2) is 60.7 Å². The molecule has 0 saturated heterocycles. The summed E-state index contributed by atoms with van der Waals surface area (Å²) in [6.45, 7) is 0. The summed E-state index contributed by atoms with van der Waals surface area (Å²) in [6.07, 6.45) is 0. The van der Waals surface area contributed by atoms with Crippen LogP contribution in [0.2, 0.25) is 5.02 Å². The third kappa shape index (κ3) is 2.05. The monoisotopic (exact) mass is 254 g/mol. The number of aromatic hydroxyl groups is 1. The lowest BCUT2D eigenvalue weighted by atomic mass is 10.0. The number of rotatable bonds is 1. The molecule has 0 fully saturated rings. The van der Waals surface area contributed by atoms with Crippen LogP contribution >= 0.6 is 11.6 Å². The first-order chi connectivity index (χ1) is 8.72. The number of hydrogen-bond acceptors (Lipinski definition) is 1. The Morgan fingerprint density at radius 2 is 1.44 bits per heavy atom. The lowest BCUT2D eigenvalue weighted by Crippen LogP contribution is -1.79. The fourth-order valence-corrected chi connectivity index (χ4v) is 2.27. The zero-order chi connectivity index (χ0) is 12.5. The first-order valence-electron chi connectivity index (χ1n) is 5.71. The van der Waals surface area contributed by atoms with Crippen molar-refractivity contribution in [2.45, 2.75) is 0 Å². The van der Waals surface area contributed by atoms with Gasteiger partial charge in [-0.05, 0) is 52.2 Å². The van der Waals surface area contributed by atoms with Crippen LogP contribution in [-0.4, -0.2) is 5.11 Å². The van der Waals surface area contributed by atoms with Gasteiger partial charge in [0.1, 0.15) is 5.75 Å². The van der Waals surface area contributed by atoms with Gasteiger partial charge in [-0.2, -0.15) is 0 Å². The summed E-state index contributed by atoms with van der Waals surface area (Å²) < 4.78 is 0. The summed E-state index contributed by atoms with van der Waals surface area (Å²) >= 11 is 6.00. The first kappa shape index (κ1) is 11.1. The van der Waals surface area contributed by atoms with Crippen molar-refractivity contribution in [3.05, 3.63) is 65.7 Å². The molecule has 2 heteroatoms. The zero-order valence-electron chi connectivity index (χ0n) is 9.60. The van der Waals surface area contributed by atoms with Crippen LogP contribution in [-0.2, 0) is 0 Å². The molecule has 1 nitrogen and oxygen atoms in total. The van der Waals surface area contributed by atoms with E-state index in [-0.39, 0.29) is 5.75 Å². The fourth-order valence-electron chi connectivity index (χ4n) is 2.08. The highest BCUT2D eigenvalue weighted by Gasteiger charge is 2.01. The Morgan fingerprint density at radius 1 is 0.722 bits per heavy atom. The smallest absolute Gasteiger partial charge is 0.116 e. The van der Waals surface area contributed by atoms with E-state index in [1.165, 1.54) is 0 Å². The van der Waals surface area contributed by atoms with Crippen LogP contribution in [0.3, 0.4) is 0 Å². The van der Waals surface area contributed by atoms with Crippen molar-refractivity contribution in [1.29, 1.82) is 0 Å². The summed E-state index contributed by atoms with van der Waals surface area (Å²) in [5, 5.41) is 12.3. The number of phenolic OH excluding ortho intramolecular Hbond substituents is 1. The third-order valence-electron chi connectivity index (χ3n) is 2.98. The van der Waals surface area contributed by atoms with E-state index in [4.69, 9.17) is 11.6 Å². The second-order valence-electron chi connectivity index (χ2n) is 4.26. The Morgan fingerprint density at radius 3 is 2.28 bits per heavy atom. The molecule has 0 aromatic heterocycles. The molecule has 3 aromatic carbocycles. The minimum Gasteiger partial charge on any atom is -0.508 e. The topological polar surface area (TPSA) is 20.2 Å². The van der Waals surface area contributed by atoms with Crippen molar-refractivity contribution in [1.82, 2.24) is 0 Å². The van der Waals surface area contributed by atoms with Crippen molar-refractivity contribution < 1.29 is 5.11 Å². The highest BCUT2D eigenvalue weighted by molar-refractivity contribution is 6.30. The van der Waals surface area contributed by atoms with E-state index in [1.807, 2.05) is 42.5 Å². The molecular formula is C16H11ClO. The van der Waals surface area contributed by atoms with Gasteiger partial charge in [0.2, 0.25) is 0 Å². The summed E-state index contributed by atoms with van der Waals surface area (Å²) in [5.41, 5.74) is 2.22. The average molecular weight is 255 g/mol. The van der Waals surface area contributed by atoms with E-state index in [0.717, 1.165) is 26.9 Å². The quantitative estimate of drug-likeness (QED) is 0.657. The molecule has 3 aromatic rings. The molecule has 0 aliphatic carbocycles. The van der Waals surface area contributed by atoms with Crippen molar-refractivity contribution in [2.24, 2.45) is 0 Å². The highest BCUT2D eigenvalue weighted by Crippen LogP contribution is 2.27. The molecule has 0 heterocycles. The van der Waals surface area contributed by atoms with Crippen LogP contribution in [0.4, 0.5) is 0 Å². The average Bonchev–Trinajstić information content (AvgIpc) is 2.38. The SMILES string of the molecule is Oc1ccc2cc(-c3cccc(Cl)c3)ccc2c1. The molecule has 3 rings (SSSR count). The van der Waals surface area contributed by atoms with Crippen LogP contribution in [0.5, 0.6) is 5.75 Å². The standard InChI is InChI=1S/C16H11ClO/c17-15-3-1-2-11(9-15)12-4-5-14-10-16(18)7-6-13(14)8-12/h1-10,18H. The summed E-state index contributed by atoms with van der Waals surface area (Å²) in [7, 11) is 0. The Bertz CT molecular complexity index is 719. The maximum Gasteiger partial charge on any atom is 0.116 e. The molecular weight excluding hydrogens is 244 g/mol. The highest BCUT2D eigenvalue weighted by atomic mass is 35.5. The zero-order valence-corrected chi connectivity index (χ0v) is 10.4. The summed E-state index contributed by atoms with van der Waals surface area (Å²) in [6, 6.07) is 19.3. The third-order valence-corrected chi connectivity index (χ3v) is 3.22. The molecule has 1 N–H and O–H groups in total. The molecule has 0 atom stereocenters. The maximum absolute atomic E-state index is 9.44. The lowest BCUT2D eigenvalue weighted by Gasteiger charge is -2.05. The van der Waals surface area contributed by atoms with Gasteiger partial charge in [0.15, 0.2) is 0 Å². The Labute approximate surface area is 110 Å². The number of hydrogen-bond donors (Lipinski definition) is 1. The summed E-state index contributed by atoms with van der Waals surface area (Å²) in [5.74, 6) is 0.290. The first-order valence-corrected chi connectivity index (χ1v) is 6.09. The van der Waals surface area contributed by atoms with Gasteiger partial charge in [0.25, 0.3) is 0 Å². The Hall–Kier alpha value is -1.99. The van der Waals surface area contributed by atoms with E-state index in [9.17, 15) is 5.11 Å². The van der Waals surface area contributed by atoms with E-state index in [2.05, 4.69) is 6.07 Å². The van der Waals surface area contributed by atoms with Crippen LogP contribution in [0, 0.1) is 0 Å². The van der Waals surface area contributed by atoms with Crippen molar-refractivity contribution in [2.75, 3.05) is 0 Å². The fraction of sp³-hybridized carbons (Fsp3) is 0. The number of phenols is 1. The number of fused-ring (bicyclic) bond motifs is 1. The second kappa shape index (κ2) is 4.35. The molecule has 0 amide bonds. The molecule has 0 spiro atoms. The van der Waals surface area contributed by atoms with E-state index in [1.54, 1.807) is 12.1 Å². The van der Waals surface area contributed by atoms with Crippen LogP contribution < -0.4 is 0 Å². The van der Waals surface area contributed by atoms with Gasteiger partial charge in [-0.3, -0.25) is 0 Å². The van der Waals surface area contributed by atoms with Crippen LogP contribution in [0.25, 0.3) is 21.9 Å². The molecule has 18 heavy (non-hydrogen) atoms. The predicted molar refractivity (Wildman–Crippen MR) is 76.1 cm³/mol. The minimum absolute atomic E-state index is 0.290. The molecule has 0 aliphatic rings. The Balaban J connectivity index is 2.16. The predicted octanol–water partition coefficient (Wildman–Crippen LogP) is 4.87. The van der Waals surface area contributed by atoms with Crippen molar-refractivity contribution in [3.8, 4) is 16.9 Å². The maximum atomic E-state index is 9.44. The van der Waals surface area contributed by atoms with Gasteiger partial charge >= 0.3 is 0 Å². The van der Waals surface area contributed by atoms with Gasteiger partial charge in [0, 0.05) is 5.02 Å². The number of halogens is 1. The number of benzene rings is 3. The second-order valence-corrected chi connectivity index (χ2v) is 4.69. The summed E-state index contributed by atoms with van der Waals surface area (Å²) in [4.78, 5) is 0. The van der Waals surface area contributed by atoms with E-state index < -0.39 is 0 Å². The molecule has 0 bridgehead atoms. The van der Waals surface area contributed by atoms with Gasteiger partial charge in [-0.1, -0.05) is 41.9 Å². The van der Waals surface area contributed by atoms with E-state index >= 15 is 0 Å². The molecule has 0 unspecified atom stereocenters. The normalized spacial score (nSPS) is 10.7. The van der Waals surface area contributed by atoms with Crippen LogP contribution in [0.1, 0.15) is 0 Å². The molecule has 0 aliphatic heterocycles. The molecule has 0 saturated carbocycles. The van der Waals surface area contributed by atoms with Gasteiger partial charge in [-0.15, -0.1) is 0 Å². The lowest BCUT2D eigenvalue weighted by molar-refractivity contribution is 0.476. The van der Waals surface area contributed by atoms with Crippen molar-refractivity contribution in [3.63, 3.8) is 0 Å². The van der Waals surface area contributed by atoms with Gasteiger partial charge < -0.3 is 5.11 Å². The van der Waals surface area contributed by atoms with E-state index in [0.29, 0.717) is 0 Å².